The van der Waals surface area contributed by atoms with Gasteiger partial charge in [0.15, 0.2) is 0 Å². The van der Waals surface area contributed by atoms with E-state index in [1.165, 1.54) is 12.1 Å². The number of nitro groups is 1. The molecule has 2 rings (SSSR count). The van der Waals surface area contributed by atoms with E-state index in [0.29, 0.717) is 5.82 Å². The van der Waals surface area contributed by atoms with Gasteiger partial charge in [0.2, 0.25) is 0 Å². The Morgan fingerprint density at radius 1 is 1.20 bits per heavy atom. The molecule has 0 aliphatic heterocycles. The molecule has 0 unspecified atom stereocenters. The Hall–Kier alpha value is -2.67. The SMILES string of the molecule is Cc1ccc(C)c(Nc2cc([N+](=O)[O-])cc(NN)n2)c1. The van der Waals surface area contributed by atoms with Gasteiger partial charge in [-0.05, 0) is 31.0 Å². The molecular weight excluding hydrogens is 258 g/mol. The molecule has 104 valence electrons. The van der Waals surface area contributed by atoms with Crippen LogP contribution in [0.4, 0.5) is 23.0 Å². The summed E-state index contributed by atoms with van der Waals surface area (Å²) in [5.74, 6) is 5.86. The lowest BCUT2D eigenvalue weighted by molar-refractivity contribution is -0.384. The molecule has 4 N–H and O–H groups in total. The molecule has 1 aromatic heterocycles. The number of anilines is 3. The first kappa shape index (κ1) is 13.8. The zero-order valence-corrected chi connectivity index (χ0v) is 11.2. The fourth-order valence-corrected chi connectivity index (χ4v) is 1.77. The van der Waals surface area contributed by atoms with Crippen LogP contribution in [0.25, 0.3) is 0 Å². The molecule has 0 saturated carbocycles. The third-order valence-corrected chi connectivity index (χ3v) is 2.82. The number of nitrogens with one attached hydrogen (secondary N) is 2. The van der Waals surface area contributed by atoms with E-state index in [0.717, 1.165) is 16.8 Å². The zero-order chi connectivity index (χ0) is 14.7. The van der Waals surface area contributed by atoms with Gasteiger partial charge in [-0.25, -0.2) is 10.8 Å². The highest BCUT2D eigenvalue weighted by molar-refractivity contribution is 5.65. The minimum Gasteiger partial charge on any atom is -0.340 e. The smallest absolute Gasteiger partial charge is 0.276 e. The molecule has 0 aliphatic rings. The van der Waals surface area contributed by atoms with Crippen molar-refractivity contribution in [2.24, 2.45) is 5.84 Å². The van der Waals surface area contributed by atoms with Crippen LogP contribution in [0.15, 0.2) is 30.3 Å². The lowest BCUT2D eigenvalue weighted by atomic mass is 10.1. The number of rotatable bonds is 4. The molecular formula is C13H15N5O2. The second kappa shape index (κ2) is 5.54. The lowest BCUT2D eigenvalue weighted by Gasteiger charge is -2.10. The van der Waals surface area contributed by atoms with Gasteiger partial charge in [0.25, 0.3) is 5.69 Å². The predicted octanol–water partition coefficient (Wildman–Crippen LogP) is 2.64. The molecule has 2 aromatic rings. The maximum atomic E-state index is 10.9. The van der Waals surface area contributed by atoms with E-state index in [9.17, 15) is 10.1 Å². The molecule has 1 aromatic carbocycles. The van der Waals surface area contributed by atoms with E-state index in [2.05, 4.69) is 15.7 Å². The summed E-state index contributed by atoms with van der Waals surface area (Å²) < 4.78 is 0. The Balaban J connectivity index is 2.39. The summed E-state index contributed by atoms with van der Waals surface area (Å²) in [6, 6.07) is 8.55. The standard InChI is InChI=1S/C13H15N5O2/c1-8-3-4-9(2)11(5-8)15-12-6-10(18(19)20)7-13(16-12)17-14/h3-7H,14H2,1-2H3,(H2,15,16,17). The van der Waals surface area contributed by atoms with Crippen molar-refractivity contribution in [1.82, 2.24) is 4.98 Å². The summed E-state index contributed by atoms with van der Waals surface area (Å²) in [7, 11) is 0. The molecule has 0 saturated heterocycles. The molecule has 1 heterocycles. The van der Waals surface area contributed by atoms with E-state index < -0.39 is 4.92 Å². The van der Waals surface area contributed by atoms with E-state index in [-0.39, 0.29) is 11.5 Å². The minimum atomic E-state index is -0.489. The van der Waals surface area contributed by atoms with Crippen molar-refractivity contribution < 1.29 is 4.92 Å². The van der Waals surface area contributed by atoms with Crippen molar-refractivity contribution in [3.63, 3.8) is 0 Å². The Bertz CT molecular complexity index is 657. The van der Waals surface area contributed by atoms with Crippen molar-refractivity contribution >= 4 is 23.0 Å². The summed E-state index contributed by atoms with van der Waals surface area (Å²) in [6.45, 7) is 3.92. The Morgan fingerprint density at radius 3 is 2.55 bits per heavy atom. The maximum Gasteiger partial charge on any atom is 0.276 e. The Labute approximate surface area is 116 Å². The van der Waals surface area contributed by atoms with Crippen LogP contribution in [0.3, 0.4) is 0 Å². The number of nitrogens with two attached hydrogens (primary N) is 1. The van der Waals surface area contributed by atoms with Gasteiger partial charge >= 0.3 is 0 Å². The second-order valence-corrected chi connectivity index (χ2v) is 4.44. The monoisotopic (exact) mass is 273 g/mol. The molecule has 7 nitrogen and oxygen atoms in total. The molecule has 20 heavy (non-hydrogen) atoms. The number of benzene rings is 1. The lowest BCUT2D eigenvalue weighted by Crippen LogP contribution is -2.10. The Morgan fingerprint density at radius 2 is 1.90 bits per heavy atom. The molecule has 0 amide bonds. The minimum absolute atomic E-state index is 0.0826. The van der Waals surface area contributed by atoms with Crippen LogP contribution in [0.5, 0.6) is 0 Å². The summed E-state index contributed by atoms with van der Waals surface area (Å²) >= 11 is 0. The number of nitrogens with zero attached hydrogens (tertiary/aromatic N) is 2. The van der Waals surface area contributed by atoms with E-state index >= 15 is 0 Å². The van der Waals surface area contributed by atoms with Gasteiger partial charge in [-0.15, -0.1) is 0 Å². The maximum absolute atomic E-state index is 10.9. The van der Waals surface area contributed by atoms with E-state index in [1.54, 1.807) is 0 Å². The van der Waals surface area contributed by atoms with Gasteiger partial charge in [0.05, 0.1) is 17.1 Å². The molecule has 0 spiro atoms. The third kappa shape index (κ3) is 3.01. The molecule has 0 bridgehead atoms. The molecule has 0 aliphatic carbocycles. The number of aromatic nitrogens is 1. The highest BCUT2D eigenvalue weighted by Gasteiger charge is 2.11. The number of aryl methyl sites for hydroxylation is 2. The van der Waals surface area contributed by atoms with Gasteiger partial charge in [0, 0.05) is 5.69 Å². The first-order chi connectivity index (χ1) is 9.49. The predicted molar refractivity (Wildman–Crippen MR) is 77.9 cm³/mol. The van der Waals surface area contributed by atoms with Gasteiger partial charge in [-0.3, -0.25) is 10.1 Å². The van der Waals surface area contributed by atoms with Crippen molar-refractivity contribution in [2.45, 2.75) is 13.8 Å². The highest BCUT2D eigenvalue weighted by atomic mass is 16.6. The summed E-state index contributed by atoms with van der Waals surface area (Å²) in [4.78, 5) is 14.5. The van der Waals surface area contributed by atoms with Gasteiger partial charge in [0.1, 0.15) is 11.6 Å². The average molecular weight is 273 g/mol. The quantitative estimate of drug-likeness (QED) is 0.449. The van der Waals surface area contributed by atoms with Crippen molar-refractivity contribution in [3.8, 4) is 0 Å². The Kier molecular flexibility index (Phi) is 3.81. The van der Waals surface area contributed by atoms with Gasteiger partial charge in [-0.1, -0.05) is 12.1 Å². The average Bonchev–Trinajstić information content (AvgIpc) is 2.42. The first-order valence-corrected chi connectivity index (χ1v) is 5.97. The van der Waals surface area contributed by atoms with Gasteiger partial charge < -0.3 is 10.7 Å². The topological polar surface area (TPSA) is 106 Å². The molecule has 7 heteroatoms. The van der Waals surface area contributed by atoms with Crippen LogP contribution in [0, 0.1) is 24.0 Å². The number of hydrogen-bond acceptors (Lipinski definition) is 6. The summed E-state index contributed by atoms with van der Waals surface area (Å²) in [5, 5.41) is 13.9. The van der Waals surface area contributed by atoms with Crippen LogP contribution < -0.4 is 16.6 Å². The zero-order valence-electron chi connectivity index (χ0n) is 11.2. The molecule has 0 atom stereocenters. The largest absolute Gasteiger partial charge is 0.340 e. The first-order valence-electron chi connectivity index (χ1n) is 5.97. The van der Waals surface area contributed by atoms with Gasteiger partial charge in [-0.2, -0.15) is 0 Å². The normalized spacial score (nSPS) is 10.2. The number of pyridine rings is 1. The fraction of sp³-hybridized carbons (Fsp3) is 0.154. The van der Waals surface area contributed by atoms with Crippen LogP contribution in [-0.4, -0.2) is 9.91 Å². The van der Waals surface area contributed by atoms with Crippen LogP contribution in [0.1, 0.15) is 11.1 Å². The van der Waals surface area contributed by atoms with Crippen molar-refractivity contribution in [3.05, 3.63) is 51.6 Å². The number of hydrogen-bond donors (Lipinski definition) is 3. The summed E-state index contributed by atoms with van der Waals surface area (Å²) in [6.07, 6.45) is 0. The molecule has 0 radical (unpaired) electrons. The highest BCUT2D eigenvalue weighted by Crippen LogP contribution is 2.25. The third-order valence-electron chi connectivity index (χ3n) is 2.82. The van der Waals surface area contributed by atoms with Crippen LogP contribution in [0.2, 0.25) is 0 Å². The summed E-state index contributed by atoms with van der Waals surface area (Å²) in [5.41, 5.74) is 5.19. The van der Waals surface area contributed by atoms with E-state index in [1.807, 2.05) is 32.0 Å². The second-order valence-electron chi connectivity index (χ2n) is 4.44. The number of nitrogen functional groups attached to an aromatic ring is 1. The van der Waals surface area contributed by atoms with E-state index in [4.69, 9.17) is 5.84 Å². The molecule has 0 fully saturated rings. The number of hydrazine groups is 1. The van der Waals surface area contributed by atoms with Crippen molar-refractivity contribution in [2.75, 3.05) is 10.7 Å². The van der Waals surface area contributed by atoms with Crippen LogP contribution >= 0.6 is 0 Å². The van der Waals surface area contributed by atoms with Crippen LogP contribution in [-0.2, 0) is 0 Å². The van der Waals surface area contributed by atoms with Crippen molar-refractivity contribution in [1.29, 1.82) is 0 Å². The fourth-order valence-electron chi connectivity index (χ4n) is 1.77.